The van der Waals surface area contributed by atoms with Crippen LogP contribution in [0.25, 0.3) is 0 Å². The molecule has 1 aliphatic heterocycles. The van der Waals surface area contributed by atoms with Gasteiger partial charge in [-0.1, -0.05) is 12.1 Å². The monoisotopic (exact) mass is 279 g/mol. The van der Waals surface area contributed by atoms with Crippen LogP contribution in [0, 0.1) is 0 Å². The van der Waals surface area contributed by atoms with Gasteiger partial charge < -0.3 is 0 Å². The molecule has 0 aromatic heterocycles. The first-order valence-electron chi connectivity index (χ1n) is 4.67. The third kappa shape index (κ3) is 1.96. The number of halogens is 4. The van der Waals surface area contributed by atoms with Crippen LogP contribution in [0.1, 0.15) is 20.7 Å². The number of benzene rings is 1. The normalized spacial score (nSPS) is 15.5. The molecule has 96 valence electrons. The molecule has 0 unspecified atom stereocenters. The topological polar surface area (TPSA) is 37.4 Å². The molecular weight excluding hydrogens is 274 g/mol. The molecule has 0 aliphatic carbocycles. The van der Waals surface area contributed by atoms with E-state index < -0.39 is 35.4 Å². The molecule has 2 rings (SSSR count). The van der Waals surface area contributed by atoms with E-state index in [2.05, 4.69) is 0 Å². The highest BCUT2D eigenvalue weighted by Gasteiger charge is 2.49. The van der Waals surface area contributed by atoms with Gasteiger partial charge in [-0.2, -0.15) is 8.78 Å². The largest absolute Gasteiger partial charge is 0.372 e. The highest BCUT2D eigenvalue weighted by molar-refractivity contribution is 7.99. The predicted molar refractivity (Wildman–Crippen MR) is 55.5 cm³/mol. The number of hydrogen-bond donors (Lipinski definition) is 0. The SMILES string of the molecule is O=C1c2ccccc2C(=O)N1SC(F)(F)C(F)F. The Morgan fingerprint density at radius 2 is 1.50 bits per heavy atom. The van der Waals surface area contributed by atoms with Gasteiger partial charge in [-0.05, 0) is 12.1 Å². The smallest absolute Gasteiger partial charge is 0.268 e. The van der Waals surface area contributed by atoms with Gasteiger partial charge >= 0.3 is 11.7 Å². The van der Waals surface area contributed by atoms with Crippen molar-refractivity contribution in [1.82, 2.24) is 4.31 Å². The summed E-state index contributed by atoms with van der Waals surface area (Å²) in [5.41, 5.74) is -0.139. The van der Waals surface area contributed by atoms with E-state index in [-0.39, 0.29) is 15.4 Å². The zero-order valence-corrected chi connectivity index (χ0v) is 9.39. The maximum atomic E-state index is 12.8. The predicted octanol–water partition coefficient (Wildman–Crippen LogP) is 2.79. The minimum atomic E-state index is -4.49. The molecule has 8 heteroatoms. The lowest BCUT2D eigenvalue weighted by Gasteiger charge is -2.19. The standard InChI is InChI=1S/C10H5F4NO2S/c11-9(12)10(13,14)18-15-7(16)5-3-1-2-4-6(5)8(15)17/h1-4,9H. The van der Waals surface area contributed by atoms with Crippen LogP contribution in [0.15, 0.2) is 24.3 Å². The summed E-state index contributed by atoms with van der Waals surface area (Å²) in [7, 11) is 0. The van der Waals surface area contributed by atoms with E-state index in [0.717, 1.165) is 0 Å². The minimum Gasteiger partial charge on any atom is -0.268 e. The number of carbonyl (C=O) groups excluding carboxylic acids is 2. The number of alkyl halides is 4. The molecule has 0 atom stereocenters. The average molecular weight is 279 g/mol. The van der Waals surface area contributed by atoms with Crippen LogP contribution in [0.3, 0.4) is 0 Å². The number of imide groups is 1. The molecule has 3 nitrogen and oxygen atoms in total. The number of carbonyl (C=O) groups is 2. The van der Waals surface area contributed by atoms with Crippen LogP contribution in [0.5, 0.6) is 0 Å². The molecule has 0 spiro atoms. The number of amides is 2. The van der Waals surface area contributed by atoms with Crippen molar-refractivity contribution in [2.24, 2.45) is 0 Å². The third-order valence-corrected chi connectivity index (χ3v) is 3.16. The Kier molecular flexibility index (Phi) is 3.05. The third-order valence-electron chi connectivity index (χ3n) is 2.22. The van der Waals surface area contributed by atoms with E-state index >= 15 is 0 Å². The Morgan fingerprint density at radius 1 is 1.06 bits per heavy atom. The highest BCUT2D eigenvalue weighted by atomic mass is 32.2. The first-order valence-corrected chi connectivity index (χ1v) is 5.45. The fourth-order valence-electron chi connectivity index (χ4n) is 1.41. The van der Waals surface area contributed by atoms with Crippen molar-refractivity contribution in [2.45, 2.75) is 11.7 Å². The minimum absolute atomic E-state index is 0.0663. The fourth-order valence-corrected chi connectivity index (χ4v) is 2.10. The van der Waals surface area contributed by atoms with E-state index in [1.165, 1.54) is 24.3 Å². The molecular formula is C10H5F4NO2S. The maximum Gasteiger partial charge on any atom is 0.372 e. The molecule has 0 radical (unpaired) electrons. The van der Waals surface area contributed by atoms with Gasteiger partial charge in [0.05, 0.1) is 11.1 Å². The second-order valence-electron chi connectivity index (χ2n) is 3.40. The van der Waals surface area contributed by atoms with E-state index in [9.17, 15) is 27.2 Å². The van der Waals surface area contributed by atoms with Crippen molar-refractivity contribution < 1.29 is 27.2 Å². The van der Waals surface area contributed by atoms with Crippen molar-refractivity contribution in [3.63, 3.8) is 0 Å². The van der Waals surface area contributed by atoms with Gasteiger partial charge in [-0.15, -0.1) is 0 Å². The second kappa shape index (κ2) is 4.27. The molecule has 0 saturated carbocycles. The molecule has 2 amide bonds. The summed E-state index contributed by atoms with van der Waals surface area (Å²) in [6.07, 6.45) is -3.97. The van der Waals surface area contributed by atoms with Crippen molar-refractivity contribution in [3.8, 4) is 0 Å². The van der Waals surface area contributed by atoms with E-state index in [4.69, 9.17) is 0 Å². The quantitative estimate of drug-likeness (QED) is 0.485. The Bertz CT molecular complexity index is 485. The summed E-state index contributed by atoms with van der Waals surface area (Å²) >= 11 is -0.759. The molecule has 0 fully saturated rings. The molecule has 1 aromatic rings. The van der Waals surface area contributed by atoms with Gasteiger partial charge in [0.1, 0.15) is 0 Å². The molecule has 0 N–H and O–H groups in total. The van der Waals surface area contributed by atoms with Crippen molar-refractivity contribution in [1.29, 1.82) is 0 Å². The molecule has 18 heavy (non-hydrogen) atoms. The summed E-state index contributed by atoms with van der Waals surface area (Å²) in [5.74, 6) is -2.03. The van der Waals surface area contributed by atoms with Crippen LogP contribution < -0.4 is 0 Å². The van der Waals surface area contributed by atoms with Gasteiger partial charge in [0, 0.05) is 11.9 Å². The summed E-state index contributed by atoms with van der Waals surface area (Å²) in [6.45, 7) is 0. The summed E-state index contributed by atoms with van der Waals surface area (Å²) < 4.78 is 49.8. The van der Waals surface area contributed by atoms with Gasteiger partial charge in [-0.25, -0.2) is 13.1 Å². The lowest BCUT2D eigenvalue weighted by atomic mass is 10.1. The first-order chi connectivity index (χ1) is 8.34. The molecule has 1 aromatic carbocycles. The second-order valence-corrected chi connectivity index (χ2v) is 4.50. The number of rotatable bonds is 3. The van der Waals surface area contributed by atoms with Crippen LogP contribution >= 0.6 is 11.9 Å². The van der Waals surface area contributed by atoms with Crippen molar-refractivity contribution >= 4 is 23.8 Å². The average Bonchev–Trinajstić information content (AvgIpc) is 2.55. The zero-order chi connectivity index (χ0) is 13.5. The Balaban J connectivity index is 2.30. The summed E-state index contributed by atoms with van der Waals surface area (Å²) in [4.78, 5) is 23.2. The van der Waals surface area contributed by atoms with Crippen LogP contribution in [0.4, 0.5) is 17.6 Å². The first kappa shape index (κ1) is 12.9. The summed E-state index contributed by atoms with van der Waals surface area (Å²) in [5, 5.41) is -4.49. The number of hydrogen-bond acceptors (Lipinski definition) is 3. The van der Waals surface area contributed by atoms with Crippen LogP contribution in [-0.2, 0) is 0 Å². The van der Waals surface area contributed by atoms with Gasteiger partial charge in [0.2, 0.25) is 0 Å². The highest BCUT2D eigenvalue weighted by Crippen LogP contribution is 2.41. The van der Waals surface area contributed by atoms with Crippen molar-refractivity contribution in [2.75, 3.05) is 0 Å². The van der Waals surface area contributed by atoms with Crippen LogP contribution in [-0.4, -0.2) is 27.8 Å². The number of fused-ring (bicyclic) bond motifs is 1. The van der Waals surface area contributed by atoms with Gasteiger partial charge in [0.15, 0.2) is 0 Å². The van der Waals surface area contributed by atoms with Crippen LogP contribution in [0.2, 0.25) is 0 Å². The Labute approximate surface area is 103 Å². The van der Waals surface area contributed by atoms with E-state index in [0.29, 0.717) is 0 Å². The molecule has 0 saturated heterocycles. The lowest BCUT2D eigenvalue weighted by molar-refractivity contribution is -0.0580. The molecule has 0 bridgehead atoms. The van der Waals surface area contributed by atoms with E-state index in [1.807, 2.05) is 0 Å². The number of nitrogens with zero attached hydrogens (tertiary/aromatic N) is 1. The zero-order valence-electron chi connectivity index (χ0n) is 8.57. The maximum absolute atomic E-state index is 12.8. The van der Waals surface area contributed by atoms with Gasteiger partial charge in [0.25, 0.3) is 11.8 Å². The van der Waals surface area contributed by atoms with E-state index in [1.54, 1.807) is 0 Å². The Morgan fingerprint density at radius 3 is 1.89 bits per heavy atom. The molecule has 1 heterocycles. The molecule has 1 aliphatic rings. The van der Waals surface area contributed by atoms with Crippen molar-refractivity contribution in [3.05, 3.63) is 35.4 Å². The summed E-state index contributed by atoms with van der Waals surface area (Å²) in [6, 6.07) is 5.44. The Hall–Kier alpha value is -1.57. The van der Waals surface area contributed by atoms with Gasteiger partial charge in [-0.3, -0.25) is 9.59 Å². The fraction of sp³-hybridized carbons (Fsp3) is 0.200. The lowest BCUT2D eigenvalue weighted by Crippen LogP contribution is -2.32.